The van der Waals surface area contributed by atoms with Crippen LogP contribution in [-0.4, -0.2) is 47.7 Å². The standard InChI is InChI=1S/C17H22N2O5S/c1-2-24-16(22)13-12(10-3-4-10)9-25-14(13)18-17(23)19-7-5-11(6-8-19)15(20)21/h9-11H,2-8H2,1H3,(H,18,23)(H,20,21). The highest BCUT2D eigenvalue weighted by molar-refractivity contribution is 7.15. The predicted octanol–water partition coefficient (Wildman–Crippen LogP) is 3.13. The summed E-state index contributed by atoms with van der Waals surface area (Å²) in [5.74, 6) is -1.21. The van der Waals surface area contributed by atoms with Crippen LogP contribution in [0.3, 0.4) is 0 Å². The van der Waals surface area contributed by atoms with Gasteiger partial charge >= 0.3 is 18.0 Å². The normalized spacial score (nSPS) is 18.0. The lowest BCUT2D eigenvalue weighted by Crippen LogP contribution is -2.42. The van der Waals surface area contributed by atoms with Gasteiger partial charge in [-0.2, -0.15) is 0 Å². The van der Waals surface area contributed by atoms with Gasteiger partial charge in [0.25, 0.3) is 0 Å². The molecule has 0 atom stereocenters. The van der Waals surface area contributed by atoms with E-state index in [1.807, 2.05) is 5.38 Å². The largest absolute Gasteiger partial charge is 0.481 e. The van der Waals surface area contributed by atoms with Gasteiger partial charge in [0.1, 0.15) is 5.00 Å². The number of rotatable bonds is 5. The third kappa shape index (κ3) is 3.95. The minimum Gasteiger partial charge on any atom is -0.481 e. The molecule has 1 aromatic rings. The molecule has 1 saturated heterocycles. The van der Waals surface area contributed by atoms with Crippen molar-refractivity contribution in [2.24, 2.45) is 5.92 Å². The number of carbonyl (C=O) groups is 3. The number of hydrogen-bond acceptors (Lipinski definition) is 5. The number of esters is 1. The number of amides is 2. The Balaban J connectivity index is 1.69. The molecular formula is C17H22N2O5S. The molecule has 1 aliphatic carbocycles. The third-order valence-electron chi connectivity index (χ3n) is 4.67. The van der Waals surface area contributed by atoms with E-state index >= 15 is 0 Å². The number of urea groups is 1. The van der Waals surface area contributed by atoms with Crippen molar-refractivity contribution in [2.45, 2.75) is 38.5 Å². The lowest BCUT2D eigenvalue weighted by atomic mass is 9.97. The summed E-state index contributed by atoms with van der Waals surface area (Å²) >= 11 is 1.34. The maximum atomic E-state index is 12.5. The quantitative estimate of drug-likeness (QED) is 0.781. The zero-order valence-electron chi connectivity index (χ0n) is 14.1. The van der Waals surface area contributed by atoms with Crippen LogP contribution in [0.1, 0.15) is 54.4 Å². The number of carboxylic acids is 1. The average Bonchev–Trinajstić information content (AvgIpc) is 3.36. The molecule has 2 aliphatic rings. The first-order valence-electron chi connectivity index (χ1n) is 8.58. The van der Waals surface area contributed by atoms with Crippen LogP contribution in [0.5, 0.6) is 0 Å². The summed E-state index contributed by atoms with van der Waals surface area (Å²) in [6, 6.07) is -0.293. The first kappa shape index (κ1) is 17.7. The van der Waals surface area contributed by atoms with Gasteiger partial charge < -0.3 is 14.7 Å². The molecule has 0 bridgehead atoms. The Hall–Kier alpha value is -2.09. The van der Waals surface area contributed by atoms with Crippen molar-refractivity contribution in [2.75, 3.05) is 25.0 Å². The molecule has 2 N–H and O–H groups in total. The molecule has 0 aromatic carbocycles. The number of hydrogen-bond donors (Lipinski definition) is 2. The number of nitrogens with zero attached hydrogens (tertiary/aromatic N) is 1. The molecule has 2 heterocycles. The fraction of sp³-hybridized carbons (Fsp3) is 0.588. The van der Waals surface area contributed by atoms with Gasteiger partial charge in [0.2, 0.25) is 0 Å². The molecule has 1 saturated carbocycles. The number of carbonyl (C=O) groups excluding carboxylic acids is 2. The van der Waals surface area contributed by atoms with Crippen LogP contribution in [0.2, 0.25) is 0 Å². The van der Waals surface area contributed by atoms with Crippen LogP contribution in [0.15, 0.2) is 5.38 Å². The number of anilines is 1. The second-order valence-corrected chi connectivity index (χ2v) is 7.30. The number of carboxylic acid groups (broad SMARTS) is 1. The Morgan fingerprint density at radius 3 is 2.52 bits per heavy atom. The van der Waals surface area contributed by atoms with E-state index in [4.69, 9.17) is 9.84 Å². The van der Waals surface area contributed by atoms with Crippen LogP contribution >= 0.6 is 11.3 Å². The molecule has 25 heavy (non-hydrogen) atoms. The first-order chi connectivity index (χ1) is 12.0. The molecule has 7 nitrogen and oxygen atoms in total. The Morgan fingerprint density at radius 2 is 1.96 bits per heavy atom. The molecule has 2 fully saturated rings. The topological polar surface area (TPSA) is 95.9 Å². The van der Waals surface area contributed by atoms with Gasteiger partial charge in [-0.1, -0.05) is 0 Å². The van der Waals surface area contributed by atoms with Crippen molar-refractivity contribution in [3.8, 4) is 0 Å². The molecule has 1 aliphatic heterocycles. The van der Waals surface area contributed by atoms with Crippen molar-refractivity contribution in [3.05, 3.63) is 16.5 Å². The smallest absolute Gasteiger partial charge is 0.341 e. The van der Waals surface area contributed by atoms with Gasteiger partial charge in [-0.15, -0.1) is 11.3 Å². The molecule has 8 heteroatoms. The predicted molar refractivity (Wildman–Crippen MR) is 93.2 cm³/mol. The second kappa shape index (κ2) is 7.43. The highest BCUT2D eigenvalue weighted by Gasteiger charge is 2.33. The van der Waals surface area contributed by atoms with Gasteiger partial charge in [0, 0.05) is 13.1 Å². The molecule has 0 unspecified atom stereocenters. The van der Waals surface area contributed by atoms with Crippen molar-refractivity contribution in [1.29, 1.82) is 0 Å². The summed E-state index contributed by atoms with van der Waals surface area (Å²) in [5, 5.41) is 14.3. The number of likely N-dealkylation sites (tertiary alicyclic amines) is 1. The minimum absolute atomic E-state index is 0.287. The maximum absolute atomic E-state index is 12.5. The summed E-state index contributed by atoms with van der Waals surface area (Å²) in [6.07, 6.45) is 3.01. The van der Waals surface area contributed by atoms with E-state index < -0.39 is 11.9 Å². The molecule has 3 rings (SSSR count). The van der Waals surface area contributed by atoms with E-state index in [-0.39, 0.29) is 18.6 Å². The van der Waals surface area contributed by atoms with Gasteiger partial charge in [0.15, 0.2) is 0 Å². The van der Waals surface area contributed by atoms with E-state index in [2.05, 4.69) is 5.32 Å². The highest BCUT2D eigenvalue weighted by Crippen LogP contribution is 2.46. The lowest BCUT2D eigenvalue weighted by Gasteiger charge is -2.30. The summed E-state index contributed by atoms with van der Waals surface area (Å²) in [6.45, 7) is 2.84. The Bertz CT molecular complexity index is 675. The number of thiophene rings is 1. The monoisotopic (exact) mass is 366 g/mol. The van der Waals surface area contributed by atoms with Crippen LogP contribution in [0, 0.1) is 5.92 Å². The first-order valence-corrected chi connectivity index (χ1v) is 9.46. The van der Waals surface area contributed by atoms with Crippen LogP contribution in [0.25, 0.3) is 0 Å². The highest BCUT2D eigenvalue weighted by atomic mass is 32.1. The van der Waals surface area contributed by atoms with E-state index in [9.17, 15) is 14.4 Å². The summed E-state index contributed by atoms with van der Waals surface area (Å²) in [5.41, 5.74) is 1.44. The lowest BCUT2D eigenvalue weighted by molar-refractivity contribution is -0.143. The van der Waals surface area contributed by atoms with Crippen LogP contribution in [0.4, 0.5) is 9.80 Å². The van der Waals surface area contributed by atoms with Crippen molar-refractivity contribution in [3.63, 3.8) is 0 Å². The molecule has 1 aromatic heterocycles. The fourth-order valence-electron chi connectivity index (χ4n) is 3.08. The molecule has 0 spiro atoms. The molecule has 2 amide bonds. The van der Waals surface area contributed by atoms with Crippen LogP contribution in [-0.2, 0) is 9.53 Å². The maximum Gasteiger partial charge on any atom is 0.341 e. The molecule has 0 radical (unpaired) electrons. The van der Waals surface area contributed by atoms with Crippen molar-refractivity contribution >= 4 is 34.3 Å². The van der Waals surface area contributed by atoms with Crippen LogP contribution < -0.4 is 5.32 Å². The van der Waals surface area contributed by atoms with E-state index in [1.54, 1.807) is 11.8 Å². The second-order valence-electron chi connectivity index (χ2n) is 6.42. The zero-order chi connectivity index (χ0) is 18.0. The number of nitrogens with one attached hydrogen (secondary N) is 1. The summed E-state index contributed by atoms with van der Waals surface area (Å²) < 4.78 is 5.15. The number of aliphatic carboxylic acids is 1. The molecule has 136 valence electrons. The fourth-order valence-corrected chi connectivity index (χ4v) is 4.10. The third-order valence-corrected chi connectivity index (χ3v) is 5.58. The Kier molecular flexibility index (Phi) is 5.27. The van der Waals surface area contributed by atoms with Crippen molar-refractivity contribution in [1.82, 2.24) is 4.90 Å². The molecular weight excluding hydrogens is 344 g/mol. The van der Waals surface area contributed by atoms with E-state index in [0.717, 1.165) is 18.4 Å². The number of ether oxygens (including phenoxy) is 1. The van der Waals surface area contributed by atoms with Gasteiger partial charge in [0.05, 0.1) is 18.1 Å². The summed E-state index contributed by atoms with van der Waals surface area (Å²) in [7, 11) is 0. The number of piperidine rings is 1. The van der Waals surface area contributed by atoms with Crippen molar-refractivity contribution < 1.29 is 24.2 Å². The van der Waals surface area contributed by atoms with E-state index in [1.165, 1.54) is 11.3 Å². The Morgan fingerprint density at radius 1 is 1.28 bits per heavy atom. The van der Waals surface area contributed by atoms with Gasteiger partial charge in [-0.05, 0) is 49.5 Å². The van der Waals surface area contributed by atoms with E-state index in [0.29, 0.717) is 42.4 Å². The zero-order valence-corrected chi connectivity index (χ0v) is 14.9. The Labute approximate surface area is 150 Å². The van der Waals surface area contributed by atoms with Gasteiger partial charge in [-0.3, -0.25) is 10.1 Å². The minimum atomic E-state index is -0.808. The van der Waals surface area contributed by atoms with Gasteiger partial charge in [-0.25, -0.2) is 9.59 Å². The average molecular weight is 366 g/mol. The summed E-state index contributed by atoms with van der Waals surface area (Å²) in [4.78, 5) is 37.4. The SMILES string of the molecule is CCOC(=O)c1c(C2CC2)csc1NC(=O)N1CCC(C(=O)O)CC1.